The zero-order valence-corrected chi connectivity index (χ0v) is 19.6. The average molecular weight is 468 g/mol. The lowest BCUT2D eigenvalue weighted by Gasteiger charge is -2.27. The number of fused-ring (bicyclic) bond motifs is 1. The van der Waals surface area contributed by atoms with Crippen LogP contribution in [0.3, 0.4) is 0 Å². The first-order chi connectivity index (χ1) is 15.8. The van der Waals surface area contributed by atoms with Gasteiger partial charge in [0, 0.05) is 25.1 Å². The van der Waals surface area contributed by atoms with E-state index in [-0.39, 0.29) is 23.7 Å². The van der Waals surface area contributed by atoms with E-state index in [4.69, 9.17) is 4.74 Å². The Balaban J connectivity index is 1.63. The van der Waals surface area contributed by atoms with Gasteiger partial charge in [-0.15, -0.1) is 0 Å². The summed E-state index contributed by atoms with van der Waals surface area (Å²) in [6.45, 7) is 4.78. The lowest BCUT2D eigenvalue weighted by atomic mass is 9.87. The molecule has 1 unspecified atom stereocenters. The normalized spacial score (nSPS) is 15.3. The quantitative estimate of drug-likeness (QED) is 0.402. The van der Waals surface area contributed by atoms with E-state index >= 15 is 0 Å². The SMILES string of the molecule is CC(C)COc1ccc(C2CC(=O)Nc3c2c(=O)nc(SCc2ccccc2F)n3C)cc1. The number of halogens is 1. The third kappa shape index (κ3) is 5.11. The maximum Gasteiger partial charge on any atom is 0.279 e. The second-order valence-corrected chi connectivity index (χ2v) is 9.42. The number of carbonyl (C=O) groups is 1. The zero-order valence-electron chi connectivity index (χ0n) is 18.8. The molecule has 0 spiro atoms. The predicted octanol–water partition coefficient (Wildman–Crippen LogP) is 4.72. The van der Waals surface area contributed by atoms with Crippen molar-refractivity contribution in [1.82, 2.24) is 9.55 Å². The highest BCUT2D eigenvalue weighted by molar-refractivity contribution is 7.98. The van der Waals surface area contributed by atoms with Gasteiger partial charge in [-0.25, -0.2) is 4.39 Å². The van der Waals surface area contributed by atoms with Crippen LogP contribution >= 0.6 is 11.8 Å². The van der Waals surface area contributed by atoms with Crippen molar-refractivity contribution in [3.8, 4) is 5.75 Å². The van der Waals surface area contributed by atoms with Crippen molar-refractivity contribution in [3.63, 3.8) is 0 Å². The highest BCUT2D eigenvalue weighted by atomic mass is 32.2. The number of ether oxygens (including phenoxy) is 1. The van der Waals surface area contributed by atoms with Crippen LogP contribution in [0.5, 0.6) is 5.75 Å². The predicted molar refractivity (Wildman–Crippen MR) is 127 cm³/mol. The van der Waals surface area contributed by atoms with Crippen LogP contribution in [0.4, 0.5) is 10.2 Å². The summed E-state index contributed by atoms with van der Waals surface area (Å²) in [5.74, 6) is 1.05. The molecule has 2 heterocycles. The Morgan fingerprint density at radius 3 is 2.61 bits per heavy atom. The van der Waals surface area contributed by atoms with Crippen LogP contribution in [0.2, 0.25) is 0 Å². The fraction of sp³-hybridized carbons (Fsp3) is 0.320. The lowest BCUT2D eigenvalue weighted by Crippen LogP contribution is -2.33. The van der Waals surface area contributed by atoms with E-state index in [0.717, 1.165) is 11.3 Å². The smallest absolute Gasteiger partial charge is 0.279 e. The minimum atomic E-state index is -0.398. The summed E-state index contributed by atoms with van der Waals surface area (Å²) in [6.07, 6.45) is 0.165. The number of hydrogen-bond acceptors (Lipinski definition) is 5. The average Bonchev–Trinajstić information content (AvgIpc) is 2.79. The summed E-state index contributed by atoms with van der Waals surface area (Å²) in [6, 6.07) is 14.0. The highest BCUT2D eigenvalue weighted by Crippen LogP contribution is 2.36. The minimum Gasteiger partial charge on any atom is -0.493 e. The standard InChI is InChI=1S/C25H26FN3O3S/c1-15(2)13-32-18-10-8-16(9-11-18)19-12-21(30)27-23-22(19)24(31)28-25(29(23)3)33-14-17-6-4-5-7-20(17)26/h4-11,15,19H,12-14H2,1-3H3,(H,27,30). The molecule has 0 saturated heterocycles. The Kier molecular flexibility index (Phi) is 6.83. The Labute approximate surface area is 196 Å². The van der Waals surface area contributed by atoms with Gasteiger partial charge in [0.15, 0.2) is 5.16 Å². The molecule has 0 radical (unpaired) electrons. The highest BCUT2D eigenvalue weighted by Gasteiger charge is 2.32. The van der Waals surface area contributed by atoms with Crippen LogP contribution < -0.4 is 15.6 Å². The third-order valence-electron chi connectivity index (χ3n) is 5.48. The zero-order chi connectivity index (χ0) is 23.5. The number of aromatic nitrogens is 2. The Morgan fingerprint density at radius 1 is 1.18 bits per heavy atom. The van der Waals surface area contributed by atoms with Crippen molar-refractivity contribution in [2.24, 2.45) is 13.0 Å². The Hall–Kier alpha value is -3.13. The number of anilines is 1. The Morgan fingerprint density at radius 2 is 1.91 bits per heavy atom. The summed E-state index contributed by atoms with van der Waals surface area (Å²) in [5.41, 5.74) is 1.46. The number of carbonyl (C=O) groups excluding carboxylic acids is 1. The number of thioether (sulfide) groups is 1. The van der Waals surface area contributed by atoms with Gasteiger partial charge in [-0.05, 0) is 35.2 Å². The largest absolute Gasteiger partial charge is 0.493 e. The molecule has 0 fully saturated rings. The lowest BCUT2D eigenvalue weighted by molar-refractivity contribution is -0.116. The van der Waals surface area contributed by atoms with Crippen LogP contribution in [0.15, 0.2) is 58.5 Å². The molecule has 172 valence electrons. The molecular formula is C25H26FN3O3S. The first kappa shape index (κ1) is 23.0. The number of nitrogens with one attached hydrogen (secondary N) is 1. The van der Waals surface area contributed by atoms with Gasteiger partial charge in [0.25, 0.3) is 5.56 Å². The van der Waals surface area contributed by atoms with Gasteiger partial charge in [-0.2, -0.15) is 4.98 Å². The fourth-order valence-electron chi connectivity index (χ4n) is 3.77. The van der Waals surface area contributed by atoms with Gasteiger partial charge in [-0.3, -0.25) is 9.59 Å². The molecule has 1 aliphatic rings. The number of hydrogen-bond donors (Lipinski definition) is 1. The maximum atomic E-state index is 14.0. The molecular weight excluding hydrogens is 441 g/mol. The number of nitrogens with zero attached hydrogens (tertiary/aromatic N) is 2. The van der Waals surface area contributed by atoms with Crippen LogP contribution in [0, 0.1) is 11.7 Å². The maximum absolute atomic E-state index is 14.0. The molecule has 3 aromatic rings. The van der Waals surface area contributed by atoms with Gasteiger partial charge in [0.05, 0.1) is 12.2 Å². The van der Waals surface area contributed by atoms with Crippen LogP contribution in [-0.2, 0) is 17.6 Å². The number of amides is 1. The van der Waals surface area contributed by atoms with Crippen molar-refractivity contribution >= 4 is 23.5 Å². The monoisotopic (exact) mass is 467 g/mol. The Bertz CT molecular complexity index is 1220. The van der Waals surface area contributed by atoms with Crippen molar-refractivity contribution < 1.29 is 13.9 Å². The van der Waals surface area contributed by atoms with Gasteiger partial charge >= 0.3 is 0 Å². The molecule has 1 aliphatic heterocycles. The van der Waals surface area contributed by atoms with Gasteiger partial charge in [-0.1, -0.05) is 55.9 Å². The third-order valence-corrected chi connectivity index (χ3v) is 6.56. The summed E-state index contributed by atoms with van der Waals surface area (Å²) in [4.78, 5) is 29.9. The van der Waals surface area contributed by atoms with E-state index in [1.54, 1.807) is 29.8 Å². The van der Waals surface area contributed by atoms with Crippen LogP contribution in [0.1, 0.15) is 42.9 Å². The molecule has 0 aliphatic carbocycles. The molecule has 0 bridgehead atoms. The van der Waals surface area contributed by atoms with Gasteiger partial charge < -0.3 is 14.6 Å². The molecule has 1 atom stereocenters. The topological polar surface area (TPSA) is 73.2 Å². The molecule has 6 nitrogen and oxygen atoms in total. The summed E-state index contributed by atoms with van der Waals surface area (Å²) in [7, 11) is 1.75. The van der Waals surface area contributed by atoms with Crippen LogP contribution in [0.25, 0.3) is 0 Å². The van der Waals surface area contributed by atoms with Crippen molar-refractivity contribution in [2.75, 3.05) is 11.9 Å². The van der Waals surface area contributed by atoms with E-state index in [1.165, 1.54) is 17.8 Å². The molecule has 0 saturated carbocycles. The molecule has 1 amide bonds. The van der Waals surface area contributed by atoms with Gasteiger partial charge in [0.2, 0.25) is 5.91 Å². The molecule has 1 aromatic heterocycles. The molecule has 33 heavy (non-hydrogen) atoms. The first-order valence-electron chi connectivity index (χ1n) is 10.8. The van der Waals surface area contributed by atoms with E-state index in [0.29, 0.717) is 40.4 Å². The number of rotatable bonds is 7. The van der Waals surface area contributed by atoms with E-state index in [9.17, 15) is 14.0 Å². The van der Waals surface area contributed by atoms with Crippen molar-refractivity contribution in [3.05, 3.63) is 81.4 Å². The van der Waals surface area contributed by atoms with E-state index < -0.39 is 5.92 Å². The summed E-state index contributed by atoms with van der Waals surface area (Å²) >= 11 is 1.25. The molecule has 2 aromatic carbocycles. The summed E-state index contributed by atoms with van der Waals surface area (Å²) < 4.78 is 21.4. The van der Waals surface area contributed by atoms with E-state index in [2.05, 4.69) is 24.1 Å². The van der Waals surface area contributed by atoms with Crippen LogP contribution in [-0.4, -0.2) is 22.1 Å². The van der Waals surface area contributed by atoms with Gasteiger partial charge in [0.1, 0.15) is 17.4 Å². The molecule has 4 rings (SSSR count). The van der Waals surface area contributed by atoms with Crippen molar-refractivity contribution in [2.45, 2.75) is 37.1 Å². The minimum absolute atomic E-state index is 0.165. The number of benzene rings is 2. The summed E-state index contributed by atoms with van der Waals surface area (Å²) in [5, 5.41) is 3.25. The molecule has 8 heteroatoms. The first-order valence-corrected chi connectivity index (χ1v) is 11.8. The second-order valence-electron chi connectivity index (χ2n) is 8.48. The fourth-order valence-corrected chi connectivity index (χ4v) is 4.72. The van der Waals surface area contributed by atoms with Crippen molar-refractivity contribution in [1.29, 1.82) is 0 Å². The second kappa shape index (κ2) is 9.79. The molecule has 1 N–H and O–H groups in total. The van der Waals surface area contributed by atoms with E-state index in [1.807, 2.05) is 24.3 Å².